The summed E-state index contributed by atoms with van der Waals surface area (Å²) >= 11 is 0. The van der Waals surface area contributed by atoms with E-state index in [0.29, 0.717) is 5.92 Å². The van der Waals surface area contributed by atoms with Crippen LogP contribution in [-0.4, -0.2) is 61.5 Å². The molecule has 1 fully saturated rings. The maximum Gasteiger partial charge on any atom is 0.239 e. The highest BCUT2D eigenvalue weighted by Crippen LogP contribution is 2.18. The lowest BCUT2D eigenvalue weighted by molar-refractivity contribution is -0.135. The zero-order chi connectivity index (χ0) is 12.8. The Morgan fingerprint density at radius 2 is 2.12 bits per heavy atom. The van der Waals surface area contributed by atoms with Crippen molar-refractivity contribution in [2.24, 2.45) is 5.92 Å². The number of likely N-dealkylation sites (N-methyl/N-ethyl adjacent to an activating group) is 1. The minimum Gasteiger partial charge on any atom is -0.342 e. The number of nitrogens with zero attached hydrogens (tertiary/aromatic N) is 2. The van der Waals surface area contributed by atoms with Crippen LogP contribution >= 0.6 is 0 Å². The summed E-state index contributed by atoms with van der Waals surface area (Å²) in [6.45, 7) is 10.9. The molecule has 100 valence electrons. The second kappa shape index (κ2) is 6.97. The number of hydrogen-bond acceptors (Lipinski definition) is 3. The Labute approximate surface area is 105 Å². The first-order chi connectivity index (χ1) is 8.13. The van der Waals surface area contributed by atoms with Gasteiger partial charge >= 0.3 is 0 Å². The van der Waals surface area contributed by atoms with Crippen LogP contribution in [0.3, 0.4) is 0 Å². The van der Waals surface area contributed by atoms with E-state index in [1.54, 1.807) is 0 Å². The van der Waals surface area contributed by atoms with E-state index in [1.165, 1.54) is 6.42 Å². The summed E-state index contributed by atoms with van der Waals surface area (Å²) in [4.78, 5) is 16.5. The van der Waals surface area contributed by atoms with Gasteiger partial charge in [0.25, 0.3) is 0 Å². The molecule has 0 aromatic heterocycles. The Bertz CT molecular complexity index is 241. The first-order valence-electron chi connectivity index (χ1n) is 6.81. The molecule has 1 rings (SSSR count). The molecule has 0 bridgehead atoms. The van der Waals surface area contributed by atoms with Crippen LogP contribution < -0.4 is 5.32 Å². The van der Waals surface area contributed by atoms with Gasteiger partial charge in [0, 0.05) is 19.6 Å². The fourth-order valence-corrected chi connectivity index (χ4v) is 2.63. The molecule has 4 nitrogen and oxygen atoms in total. The van der Waals surface area contributed by atoms with Gasteiger partial charge in [0.2, 0.25) is 5.91 Å². The molecule has 0 radical (unpaired) electrons. The van der Waals surface area contributed by atoms with Gasteiger partial charge < -0.3 is 10.2 Å². The van der Waals surface area contributed by atoms with Crippen molar-refractivity contribution in [3.05, 3.63) is 0 Å². The summed E-state index contributed by atoms with van der Waals surface area (Å²) in [5.41, 5.74) is 0. The van der Waals surface area contributed by atoms with Crippen molar-refractivity contribution in [2.75, 3.05) is 39.8 Å². The van der Waals surface area contributed by atoms with Gasteiger partial charge in [-0.3, -0.25) is 9.69 Å². The minimum atomic E-state index is 0.0387. The Hall–Kier alpha value is -0.610. The average molecular weight is 241 g/mol. The van der Waals surface area contributed by atoms with Gasteiger partial charge in [0.1, 0.15) is 0 Å². The first kappa shape index (κ1) is 14.5. The Morgan fingerprint density at radius 3 is 2.65 bits per heavy atom. The zero-order valence-electron chi connectivity index (χ0n) is 11.7. The lowest BCUT2D eigenvalue weighted by Gasteiger charge is -2.29. The van der Waals surface area contributed by atoms with Crippen LogP contribution in [-0.2, 0) is 4.79 Å². The maximum atomic E-state index is 12.2. The lowest BCUT2D eigenvalue weighted by atomic mass is 10.1. The van der Waals surface area contributed by atoms with Gasteiger partial charge in [-0.15, -0.1) is 0 Å². The number of carbonyl (C=O) groups excluding carboxylic acids is 1. The van der Waals surface area contributed by atoms with E-state index in [2.05, 4.69) is 10.2 Å². The van der Waals surface area contributed by atoms with Gasteiger partial charge in [-0.2, -0.15) is 0 Å². The van der Waals surface area contributed by atoms with Crippen LogP contribution in [0.25, 0.3) is 0 Å². The quantitative estimate of drug-likeness (QED) is 0.746. The highest BCUT2D eigenvalue weighted by atomic mass is 16.2. The number of nitrogens with one attached hydrogen (secondary N) is 1. The van der Waals surface area contributed by atoms with Crippen molar-refractivity contribution in [2.45, 2.75) is 33.2 Å². The number of rotatable bonds is 6. The SMILES string of the molecule is CCN(CC)C(=O)C(C)N1CCC(CNC)C1. The fraction of sp³-hybridized carbons (Fsp3) is 0.923. The predicted octanol–water partition coefficient (Wildman–Crippen LogP) is 0.785. The molecule has 0 aromatic rings. The molecule has 1 aliphatic heterocycles. The smallest absolute Gasteiger partial charge is 0.239 e. The number of carbonyl (C=O) groups is 1. The third-order valence-electron chi connectivity index (χ3n) is 3.79. The van der Waals surface area contributed by atoms with Gasteiger partial charge in [-0.05, 0) is 53.2 Å². The molecule has 1 amide bonds. The largest absolute Gasteiger partial charge is 0.342 e. The molecule has 1 heterocycles. The second-order valence-electron chi connectivity index (χ2n) is 4.89. The third-order valence-corrected chi connectivity index (χ3v) is 3.79. The van der Waals surface area contributed by atoms with E-state index in [-0.39, 0.29) is 11.9 Å². The van der Waals surface area contributed by atoms with E-state index in [9.17, 15) is 4.79 Å². The summed E-state index contributed by atoms with van der Waals surface area (Å²) in [6, 6.07) is 0.0387. The van der Waals surface area contributed by atoms with E-state index >= 15 is 0 Å². The summed E-state index contributed by atoms with van der Waals surface area (Å²) < 4.78 is 0. The van der Waals surface area contributed by atoms with Crippen molar-refractivity contribution < 1.29 is 4.79 Å². The topological polar surface area (TPSA) is 35.6 Å². The van der Waals surface area contributed by atoms with Crippen molar-refractivity contribution in [1.29, 1.82) is 0 Å². The van der Waals surface area contributed by atoms with Crippen molar-refractivity contribution in [3.63, 3.8) is 0 Å². The summed E-state index contributed by atoms with van der Waals surface area (Å²) in [5, 5.41) is 3.22. The van der Waals surface area contributed by atoms with Crippen LogP contribution in [0.5, 0.6) is 0 Å². The number of amides is 1. The lowest BCUT2D eigenvalue weighted by Crippen LogP contribution is -2.46. The molecule has 0 aliphatic carbocycles. The maximum absolute atomic E-state index is 12.2. The second-order valence-corrected chi connectivity index (χ2v) is 4.89. The zero-order valence-corrected chi connectivity index (χ0v) is 11.7. The highest BCUT2D eigenvalue weighted by molar-refractivity contribution is 5.81. The van der Waals surface area contributed by atoms with E-state index in [4.69, 9.17) is 0 Å². The highest BCUT2D eigenvalue weighted by Gasteiger charge is 2.30. The molecule has 0 spiro atoms. The van der Waals surface area contributed by atoms with E-state index in [1.807, 2.05) is 32.7 Å². The van der Waals surface area contributed by atoms with Crippen LogP contribution in [0.4, 0.5) is 0 Å². The first-order valence-corrected chi connectivity index (χ1v) is 6.81. The van der Waals surface area contributed by atoms with E-state index in [0.717, 1.165) is 32.7 Å². The van der Waals surface area contributed by atoms with E-state index < -0.39 is 0 Å². The fourth-order valence-electron chi connectivity index (χ4n) is 2.63. The molecule has 4 heteroatoms. The van der Waals surface area contributed by atoms with Gasteiger partial charge in [0.15, 0.2) is 0 Å². The molecule has 2 atom stereocenters. The normalized spacial score (nSPS) is 22.7. The molecule has 2 unspecified atom stereocenters. The third kappa shape index (κ3) is 3.68. The van der Waals surface area contributed by atoms with Gasteiger partial charge in [-0.25, -0.2) is 0 Å². The molecule has 17 heavy (non-hydrogen) atoms. The molecule has 1 N–H and O–H groups in total. The van der Waals surface area contributed by atoms with Crippen molar-refractivity contribution in [1.82, 2.24) is 15.1 Å². The Balaban J connectivity index is 2.48. The number of hydrogen-bond donors (Lipinski definition) is 1. The van der Waals surface area contributed by atoms with Gasteiger partial charge in [-0.1, -0.05) is 0 Å². The minimum absolute atomic E-state index is 0.0387. The predicted molar refractivity (Wildman–Crippen MR) is 71.0 cm³/mol. The summed E-state index contributed by atoms with van der Waals surface area (Å²) in [7, 11) is 1.99. The van der Waals surface area contributed by atoms with Crippen LogP contribution in [0.1, 0.15) is 27.2 Å². The monoisotopic (exact) mass is 241 g/mol. The molecule has 1 aliphatic rings. The van der Waals surface area contributed by atoms with Crippen LogP contribution in [0, 0.1) is 5.92 Å². The average Bonchev–Trinajstić information content (AvgIpc) is 2.78. The van der Waals surface area contributed by atoms with Crippen LogP contribution in [0.2, 0.25) is 0 Å². The molecular formula is C13H27N3O. The van der Waals surface area contributed by atoms with Gasteiger partial charge in [0.05, 0.1) is 6.04 Å². The molecule has 1 saturated heterocycles. The Kier molecular flexibility index (Phi) is 5.92. The number of likely N-dealkylation sites (tertiary alicyclic amines) is 1. The van der Waals surface area contributed by atoms with Crippen molar-refractivity contribution in [3.8, 4) is 0 Å². The van der Waals surface area contributed by atoms with Crippen LogP contribution in [0.15, 0.2) is 0 Å². The standard InChI is InChI=1S/C13H27N3O/c1-5-15(6-2)13(17)11(3)16-8-7-12(10-16)9-14-4/h11-12,14H,5-10H2,1-4H3. The van der Waals surface area contributed by atoms with Crippen molar-refractivity contribution >= 4 is 5.91 Å². The molecule has 0 aromatic carbocycles. The Morgan fingerprint density at radius 1 is 1.47 bits per heavy atom. The summed E-state index contributed by atoms with van der Waals surface area (Å²) in [6.07, 6.45) is 1.21. The molecule has 0 saturated carbocycles. The molecular weight excluding hydrogens is 214 g/mol. The summed E-state index contributed by atoms with van der Waals surface area (Å²) in [5.74, 6) is 0.979.